The van der Waals surface area contributed by atoms with Crippen molar-refractivity contribution in [3.63, 3.8) is 0 Å². The molecule has 2 fully saturated rings. The minimum absolute atomic E-state index is 0.304. The Morgan fingerprint density at radius 2 is 2.00 bits per heavy atom. The molecule has 1 aromatic rings. The first-order valence-corrected chi connectivity index (χ1v) is 11.5. The maximum atomic E-state index is 6.15. The Hall–Kier alpha value is -2.05. The third-order valence-electron chi connectivity index (χ3n) is 6.29. The highest BCUT2D eigenvalue weighted by molar-refractivity contribution is 5.80. The van der Waals surface area contributed by atoms with Crippen LogP contribution in [-0.4, -0.2) is 69.5 Å². The number of anilines is 1. The van der Waals surface area contributed by atoms with Crippen molar-refractivity contribution in [2.24, 2.45) is 4.99 Å². The van der Waals surface area contributed by atoms with Crippen LogP contribution in [0.2, 0.25) is 0 Å². The van der Waals surface area contributed by atoms with Crippen LogP contribution in [0.1, 0.15) is 37.7 Å². The molecule has 3 aliphatic rings. The third-order valence-corrected chi connectivity index (χ3v) is 6.29. The summed E-state index contributed by atoms with van der Waals surface area (Å²) in [6, 6.07) is 8.79. The predicted molar refractivity (Wildman–Crippen MR) is 122 cm³/mol. The summed E-state index contributed by atoms with van der Waals surface area (Å²) in [7, 11) is 1.87. The highest BCUT2D eigenvalue weighted by atomic mass is 16.5. The number of ether oxygens (including phenoxy) is 2. The van der Waals surface area contributed by atoms with Gasteiger partial charge in [-0.25, -0.2) is 0 Å². The zero-order valence-corrected chi connectivity index (χ0v) is 18.3. The van der Waals surface area contributed by atoms with E-state index in [0.717, 1.165) is 71.2 Å². The highest BCUT2D eigenvalue weighted by Gasteiger charge is 2.23. The Morgan fingerprint density at radius 3 is 2.73 bits per heavy atom. The van der Waals surface area contributed by atoms with E-state index in [2.05, 4.69) is 56.5 Å². The molecule has 1 atom stereocenters. The molecule has 164 valence electrons. The molecule has 0 spiro atoms. The van der Waals surface area contributed by atoms with Crippen LogP contribution in [0.25, 0.3) is 0 Å². The highest BCUT2D eigenvalue weighted by Crippen LogP contribution is 2.20. The second-order valence-electron chi connectivity index (χ2n) is 8.46. The van der Waals surface area contributed by atoms with Gasteiger partial charge in [-0.1, -0.05) is 24.3 Å². The van der Waals surface area contributed by atoms with Gasteiger partial charge in [-0.05, 0) is 49.8 Å². The quantitative estimate of drug-likeness (QED) is 0.442. The molecule has 0 saturated carbocycles. The molecule has 1 N–H and O–H groups in total. The van der Waals surface area contributed by atoms with E-state index in [0.29, 0.717) is 12.2 Å². The monoisotopic (exact) mass is 412 g/mol. The van der Waals surface area contributed by atoms with Crippen LogP contribution in [-0.2, 0) is 16.0 Å². The molecule has 0 aromatic heterocycles. The van der Waals surface area contributed by atoms with Crippen molar-refractivity contribution in [3.8, 4) is 0 Å². The number of guanidine groups is 1. The number of hydrogen-bond donors (Lipinski definition) is 1. The fourth-order valence-corrected chi connectivity index (χ4v) is 4.48. The van der Waals surface area contributed by atoms with E-state index < -0.39 is 0 Å². The van der Waals surface area contributed by atoms with Gasteiger partial charge >= 0.3 is 0 Å². The van der Waals surface area contributed by atoms with Gasteiger partial charge in [-0.2, -0.15) is 0 Å². The van der Waals surface area contributed by atoms with Crippen LogP contribution in [0.4, 0.5) is 5.69 Å². The summed E-state index contributed by atoms with van der Waals surface area (Å²) in [6.45, 7) is 6.40. The van der Waals surface area contributed by atoms with Crippen LogP contribution in [0.3, 0.4) is 0 Å². The standard InChI is InChI=1S/C24H36N4O2/c1-25-24(26-18-20-7-6-8-21(17-20)27-12-3-4-13-27)28-14-10-22(11-15-28)30-19-23-9-2-5-16-29-23/h3-4,6-8,17,22-23H,2,5,9-16,18-19H2,1H3,(H,25,26). The summed E-state index contributed by atoms with van der Waals surface area (Å²) >= 11 is 0. The topological polar surface area (TPSA) is 49.3 Å². The zero-order chi connectivity index (χ0) is 20.6. The number of benzene rings is 1. The van der Waals surface area contributed by atoms with Crippen molar-refractivity contribution in [1.82, 2.24) is 10.2 Å². The maximum absolute atomic E-state index is 6.15. The lowest BCUT2D eigenvalue weighted by molar-refractivity contribution is -0.0721. The summed E-state index contributed by atoms with van der Waals surface area (Å²) < 4.78 is 11.9. The van der Waals surface area contributed by atoms with Crippen LogP contribution in [0, 0.1) is 0 Å². The summed E-state index contributed by atoms with van der Waals surface area (Å²) in [5.41, 5.74) is 2.57. The normalized spacial score (nSPS) is 23.2. The number of rotatable bonds is 6. The Bertz CT molecular complexity index is 714. The Labute approximate surface area is 180 Å². The van der Waals surface area contributed by atoms with E-state index in [1.807, 2.05) is 7.05 Å². The van der Waals surface area contributed by atoms with Crippen molar-refractivity contribution < 1.29 is 9.47 Å². The van der Waals surface area contributed by atoms with Crippen LogP contribution in [0.5, 0.6) is 0 Å². The summed E-state index contributed by atoms with van der Waals surface area (Å²) in [5, 5.41) is 3.55. The number of aliphatic imine (C=N–C) groups is 1. The minimum Gasteiger partial charge on any atom is -0.376 e. The Balaban J connectivity index is 1.21. The molecule has 0 aliphatic carbocycles. The summed E-state index contributed by atoms with van der Waals surface area (Å²) in [4.78, 5) is 9.25. The second kappa shape index (κ2) is 10.8. The van der Waals surface area contributed by atoms with Crippen molar-refractivity contribution in [2.45, 2.75) is 50.9 Å². The third kappa shape index (κ3) is 5.76. The first-order chi connectivity index (χ1) is 14.8. The molecular weight excluding hydrogens is 376 g/mol. The van der Waals surface area contributed by atoms with E-state index in [1.54, 1.807) is 0 Å². The zero-order valence-electron chi connectivity index (χ0n) is 18.3. The second-order valence-corrected chi connectivity index (χ2v) is 8.46. The number of nitrogens with zero attached hydrogens (tertiary/aromatic N) is 3. The van der Waals surface area contributed by atoms with E-state index in [-0.39, 0.29) is 0 Å². The summed E-state index contributed by atoms with van der Waals surface area (Å²) in [5.74, 6) is 0.984. The van der Waals surface area contributed by atoms with Gasteiger partial charge in [0.05, 0.1) is 18.8 Å². The van der Waals surface area contributed by atoms with E-state index in [4.69, 9.17) is 9.47 Å². The number of hydrogen-bond acceptors (Lipinski definition) is 4. The van der Waals surface area contributed by atoms with Gasteiger partial charge in [0.25, 0.3) is 0 Å². The predicted octanol–water partition coefficient (Wildman–Crippen LogP) is 3.19. The van der Waals surface area contributed by atoms with Gasteiger partial charge in [0.15, 0.2) is 5.96 Å². The molecule has 6 heteroatoms. The van der Waals surface area contributed by atoms with Crippen LogP contribution >= 0.6 is 0 Å². The molecule has 30 heavy (non-hydrogen) atoms. The van der Waals surface area contributed by atoms with Crippen molar-refractivity contribution in [3.05, 3.63) is 42.0 Å². The van der Waals surface area contributed by atoms with Crippen LogP contribution in [0.15, 0.2) is 41.4 Å². The molecule has 2 saturated heterocycles. The van der Waals surface area contributed by atoms with Gasteiger partial charge in [-0.15, -0.1) is 0 Å². The first-order valence-electron chi connectivity index (χ1n) is 11.5. The van der Waals surface area contributed by atoms with Crippen LogP contribution < -0.4 is 10.2 Å². The van der Waals surface area contributed by atoms with E-state index in [9.17, 15) is 0 Å². The minimum atomic E-state index is 0.304. The van der Waals surface area contributed by atoms with Gasteiger partial charge in [0, 0.05) is 52.1 Å². The molecular formula is C24H36N4O2. The Kier molecular flexibility index (Phi) is 7.65. The number of likely N-dealkylation sites (tertiary alicyclic amines) is 1. The van der Waals surface area contributed by atoms with Gasteiger partial charge in [0.1, 0.15) is 0 Å². The lowest BCUT2D eigenvalue weighted by Crippen LogP contribution is -2.47. The number of nitrogens with one attached hydrogen (secondary N) is 1. The Morgan fingerprint density at radius 1 is 1.17 bits per heavy atom. The largest absolute Gasteiger partial charge is 0.376 e. The van der Waals surface area contributed by atoms with Crippen molar-refractivity contribution in [1.29, 1.82) is 0 Å². The van der Waals surface area contributed by atoms with Gasteiger partial charge in [-0.3, -0.25) is 4.99 Å². The fourth-order valence-electron chi connectivity index (χ4n) is 4.48. The summed E-state index contributed by atoms with van der Waals surface area (Å²) in [6.07, 6.45) is 10.8. The average Bonchev–Trinajstić information content (AvgIpc) is 3.35. The molecule has 0 bridgehead atoms. The maximum Gasteiger partial charge on any atom is 0.193 e. The molecule has 1 aromatic carbocycles. The lowest BCUT2D eigenvalue weighted by Gasteiger charge is -2.35. The van der Waals surface area contributed by atoms with Crippen molar-refractivity contribution in [2.75, 3.05) is 51.3 Å². The molecule has 3 aliphatic heterocycles. The van der Waals surface area contributed by atoms with Gasteiger partial charge < -0.3 is 24.6 Å². The molecule has 4 rings (SSSR count). The molecule has 6 nitrogen and oxygen atoms in total. The first kappa shape index (κ1) is 21.2. The lowest BCUT2D eigenvalue weighted by atomic mass is 10.1. The van der Waals surface area contributed by atoms with E-state index in [1.165, 1.54) is 24.1 Å². The molecule has 0 amide bonds. The number of piperidine rings is 1. The SMILES string of the molecule is CN=C(NCc1cccc(N2CC=CC2)c1)N1CCC(OCC2CCCCO2)CC1. The van der Waals surface area contributed by atoms with Gasteiger partial charge in [0.2, 0.25) is 0 Å². The fraction of sp³-hybridized carbons (Fsp3) is 0.625. The molecule has 0 radical (unpaired) electrons. The van der Waals surface area contributed by atoms with E-state index >= 15 is 0 Å². The average molecular weight is 413 g/mol. The van der Waals surface area contributed by atoms with Crippen molar-refractivity contribution >= 4 is 11.6 Å². The smallest absolute Gasteiger partial charge is 0.193 e. The molecule has 3 heterocycles. The molecule has 1 unspecified atom stereocenters.